The summed E-state index contributed by atoms with van der Waals surface area (Å²) < 4.78 is 17.5. The summed E-state index contributed by atoms with van der Waals surface area (Å²) in [6.07, 6.45) is -0.139. The van der Waals surface area contributed by atoms with Crippen molar-refractivity contribution in [3.63, 3.8) is 0 Å². The van der Waals surface area contributed by atoms with Crippen LogP contribution in [-0.4, -0.2) is 73.5 Å². The van der Waals surface area contributed by atoms with E-state index in [2.05, 4.69) is 25.8 Å². The van der Waals surface area contributed by atoms with E-state index in [0.29, 0.717) is 34.0 Å². The zero-order chi connectivity index (χ0) is 26.3. The fourth-order valence-corrected chi connectivity index (χ4v) is 3.99. The molecular weight excluding hydrogens is 484 g/mol. The lowest BCUT2D eigenvalue weighted by atomic mass is 10.0. The number of aliphatic hydroxyl groups is 1. The van der Waals surface area contributed by atoms with Crippen molar-refractivity contribution in [2.45, 2.75) is 31.7 Å². The van der Waals surface area contributed by atoms with Crippen LogP contribution in [-0.2, 0) is 14.3 Å². The standard InChI is InChI=1S/C23H24N8O6/c1-23(2)11-30(16-6-7-31(28-16)13-9-17(35-3)27-25-10-13)22(34)19(36-23)18(32)21(33)26-12-4-5-14-15(8-12)37-29-20(14)24/h4-10,18-19,32H,11H2,1-3H3,(H2,24,29)(H,26,33). The van der Waals surface area contributed by atoms with Crippen LogP contribution in [0.5, 0.6) is 5.88 Å². The molecule has 2 unspecified atom stereocenters. The maximum Gasteiger partial charge on any atom is 0.260 e. The zero-order valence-electron chi connectivity index (χ0n) is 20.2. The van der Waals surface area contributed by atoms with Gasteiger partial charge in [-0.25, -0.2) is 4.68 Å². The van der Waals surface area contributed by atoms with E-state index >= 15 is 0 Å². The molecule has 1 aliphatic rings. The number of nitrogens with two attached hydrogens (primary N) is 1. The largest absolute Gasteiger partial charge is 0.480 e. The minimum absolute atomic E-state index is 0.148. The maximum absolute atomic E-state index is 13.4. The number of nitrogen functional groups attached to an aromatic ring is 1. The van der Waals surface area contributed by atoms with Crippen molar-refractivity contribution in [3.8, 4) is 11.6 Å². The summed E-state index contributed by atoms with van der Waals surface area (Å²) in [4.78, 5) is 27.6. The molecule has 1 aliphatic heterocycles. The second-order valence-electron chi connectivity index (χ2n) is 9.01. The number of fused-ring (bicyclic) bond motifs is 1. The lowest BCUT2D eigenvalue weighted by Gasteiger charge is -2.42. The molecule has 4 aromatic rings. The third kappa shape index (κ3) is 4.66. The van der Waals surface area contributed by atoms with Crippen LogP contribution in [0.15, 0.2) is 47.2 Å². The summed E-state index contributed by atoms with van der Waals surface area (Å²) in [7, 11) is 1.47. The van der Waals surface area contributed by atoms with E-state index < -0.39 is 29.6 Å². The number of nitrogens with zero attached hydrogens (tertiary/aromatic N) is 6. The normalized spacial score (nSPS) is 18.1. The van der Waals surface area contributed by atoms with Crippen LogP contribution in [0.4, 0.5) is 17.3 Å². The van der Waals surface area contributed by atoms with Gasteiger partial charge in [0.1, 0.15) is 0 Å². The molecule has 14 heteroatoms. The van der Waals surface area contributed by atoms with Crippen molar-refractivity contribution >= 4 is 40.1 Å². The molecule has 5 rings (SSSR count). The van der Waals surface area contributed by atoms with Crippen LogP contribution < -0.4 is 20.7 Å². The van der Waals surface area contributed by atoms with Crippen molar-refractivity contribution in [1.82, 2.24) is 25.1 Å². The highest BCUT2D eigenvalue weighted by Crippen LogP contribution is 2.29. The van der Waals surface area contributed by atoms with Gasteiger partial charge in [-0.3, -0.25) is 14.5 Å². The second kappa shape index (κ2) is 9.15. The first-order valence-corrected chi connectivity index (χ1v) is 11.2. The van der Waals surface area contributed by atoms with Crippen LogP contribution in [0.1, 0.15) is 13.8 Å². The molecule has 0 aliphatic carbocycles. The van der Waals surface area contributed by atoms with Crippen molar-refractivity contribution in [2.75, 3.05) is 29.6 Å². The number of ether oxygens (including phenoxy) is 2. The van der Waals surface area contributed by atoms with Gasteiger partial charge in [0.2, 0.25) is 5.88 Å². The molecule has 2 atom stereocenters. The number of morpholine rings is 1. The molecule has 1 aromatic carbocycles. The number of hydrogen-bond acceptors (Lipinski definition) is 11. The molecule has 14 nitrogen and oxygen atoms in total. The number of anilines is 3. The van der Waals surface area contributed by atoms with E-state index in [-0.39, 0.29) is 12.4 Å². The van der Waals surface area contributed by atoms with E-state index in [1.165, 1.54) is 29.0 Å². The lowest BCUT2D eigenvalue weighted by molar-refractivity contribution is -0.169. The van der Waals surface area contributed by atoms with E-state index in [4.69, 9.17) is 19.7 Å². The summed E-state index contributed by atoms with van der Waals surface area (Å²) >= 11 is 0. The van der Waals surface area contributed by atoms with E-state index in [1.54, 1.807) is 44.3 Å². The van der Waals surface area contributed by atoms with Gasteiger partial charge in [-0.1, -0.05) is 5.16 Å². The molecule has 0 radical (unpaired) electrons. The first-order chi connectivity index (χ1) is 17.6. The summed E-state index contributed by atoms with van der Waals surface area (Å²) in [5, 5.41) is 29.8. The molecule has 0 bridgehead atoms. The highest BCUT2D eigenvalue weighted by atomic mass is 16.5. The Morgan fingerprint density at radius 3 is 2.92 bits per heavy atom. The van der Waals surface area contributed by atoms with Gasteiger partial charge >= 0.3 is 0 Å². The fraction of sp³-hybridized carbons (Fsp3) is 0.304. The van der Waals surface area contributed by atoms with Crippen molar-refractivity contribution in [1.29, 1.82) is 0 Å². The molecule has 3 aromatic heterocycles. The first kappa shape index (κ1) is 24.1. The number of aromatic nitrogens is 5. The van der Waals surface area contributed by atoms with Crippen LogP contribution in [0, 0.1) is 0 Å². The Balaban J connectivity index is 1.36. The van der Waals surface area contributed by atoms with Gasteiger partial charge in [-0.15, -0.1) is 10.2 Å². The Kier molecular flexibility index (Phi) is 5.97. The number of benzene rings is 1. The number of carbonyl (C=O) groups is 2. The molecule has 4 N–H and O–H groups in total. The number of amides is 2. The SMILES string of the molecule is COc1cc(-n2ccc(N3CC(C)(C)OC(C(O)C(=O)Nc4ccc5c(N)noc5c4)C3=O)n2)cnn1. The lowest BCUT2D eigenvalue weighted by Crippen LogP contribution is -2.61. The molecule has 1 fully saturated rings. The minimum atomic E-state index is -1.80. The summed E-state index contributed by atoms with van der Waals surface area (Å²) in [6.45, 7) is 3.65. The Morgan fingerprint density at radius 1 is 1.32 bits per heavy atom. The smallest absolute Gasteiger partial charge is 0.260 e. The Labute approximate surface area is 209 Å². The molecule has 1 saturated heterocycles. The third-order valence-corrected chi connectivity index (χ3v) is 5.76. The topological polar surface area (TPSA) is 184 Å². The minimum Gasteiger partial charge on any atom is -0.480 e. The molecule has 37 heavy (non-hydrogen) atoms. The highest BCUT2D eigenvalue weighted by Gasteiger charge is 2.46. The first-order valence-electron chi connectivity index (χ1n) is 11.2. The average molecular weight is 508 g/mol. The van der Waals surface area contributed by atoms with Gasteiger partial charge in [0.25, 0.3) is 11.8 Å². The zero-order valence-corrected chi connectivity index (χ0v) is 20.2. The fourth-order valence-electron chi connectivity index (χ4n) is 3.99. The maximum atomic E-state index is 13.4. The summed E-state index contributed by atoms with van der Waals surface area (Å²) in [6, 6.07) is 7.99. The molecular formula is C23H24N8O6. The van der Waals surface area contributed by atoms with Gasteiger partial charge in [0.05, 0.1) is 36.5 Å². The summed E-state index contributed by atoms with van der Waals surface area (Å²) in [5.41, 5.74) is 6.08. The van der Waals surface area contributed by atoms with Gasteiger partial charge in [0, 0.05) is 30.1 Å². The number of hydrogen-bond donors (Lipinski definition) is 3. The quantitative estimate of drug-likeness (QED) is 0.336. The van der Waals surface area contributed by atoms with E-state index in [1.807, 2.05) is 0 Å². The van der Waals surface area contributed by atoms with Crippen LogP contribution in [0.3, 0.4) is 0 Å². The number of carbonyl (C=O) groups excluding carboxylic acids is 2. The predicted molar refractivity (Wildman–Crippen MR) is 130 cm³/mol. The van der Waals surface area contributed by atoms with Crippen molar-refractivity contribution in [3.05, 3.63) is 42.7 Å². The van der Waals surface area contributed by atoms with Crippen molar-refractivity contribution < 1.29 is 28.7 Å². The number of rotatable bonds is 6. The number of nitrogens with one attached hydrogen (secondary N) is 1. The van der Waals surface area contributed by atoms with Gasteiger partial charge in [-0.05, 0) is 26.0 Å². The second-order valence-corrected chi connectivity index (χ2v) is 9.01. The molecule has 0 saturated carbocycles. The molecule has 4 heterocycles. The van der Waals surface area contributed by atoms with Crippen LogP contribution >= 0.6 is 0 Å². The van der Waals surface area contributed by atoms with E-state index in [9.17, 15) is 14.7 Å². The molecule has 192 valence electrons. The Hall–Kier alpha value is -4.56. The van der Waals surface area contributed by atoms with Crippen LogP contribution in [0.25, 0.3) is 16.7 Å². The van der Waals surface area contributed by atoms with Gasteiger partial charge < -0.3 is 30.2 Å². The van der Waals surface area contributed by atoms with Crippen molar-refractivity contribution in [2.24, 2.45) is 0 Å². The Bertz CT molecular complexity index is 1480. The number of aliphatic hydroxyl groups excluding tert-OH is 1. The van der Waals surface area contributed by atoms with Gasteiger partial charge in [0.15, 0.2) is 29.4 Å². The van der Waals surface area contributed by atoms with Gasteiger partial charge in [-0.2, -0.15) is 5.10 Å². The summed E-state index contributed by atoms with van der Waals surface area (Å²) in [5.74, 6) is -0.612. The third-order valence-electron chi connectivity index (χ3n) is 5.76. The molecule has 2 amide bonds. The van der Waals surface area contributed by atoms with E-state index in [0.717, 1.165) is 0 Å². The Morgan fingerprint density at radius 2 is 2.14 bits per heavy atom. The number of methoxy groups -OCH3 is 1. The average Bonchev–Trinajstić information content (AvgIpc) is 3.52. The monoisotopic (exact) mass is 508 g/mol. The van der Waals surface area contributed by atoms with Crippen LogP contribution in [0.2, 0.25) is 0 Å². The molecule has 0 spiro atoms. The highest BCUT2D eigenvalue weighted by molar-refractivity contribution is 6.04. The predicted octanol–water partition coefficient (Wildman–Crippen LogP) is 0.904.